The van der Waals surface area contributed by atoms with Gasteiger partial charge in [0, 0.05) is 18.0 Å². The van der Waals surface area contributed by atoms with E-state index in [1.807, 2.05) is 0 Å². The second-order valence-corrected chi connectivity index (χ2v) is 5.67. The molecular formula is C14H18Cl2N2O. The predicted molar refractivity (Wildman–Crippen MR) is 80.0 cm³/mol. The number of hydrogen-bond donors (Lipinski definition) is 1. The molecule has 3 nitrogen and oxygen atoms in total. The minimum atomic E-state index is -0.00482. The first-order chi connectivity index (χ1) is 9.15. The molecule has 1 aromatic carbocycles. The van der Waals surface area contributed by atoms with Gasteiger partial charge in [0.05, 0.1) is 10.7 Å². The number of piperidine rings is 1. The highest BCUT2D eigenvalue weighted by atomic mass is 35.5. The van der Waals surface area contributed by atoms with Crippen molar-refractivity contribution in [3.63, 3.8) is 0 Å². The van der Waals surface area contributed by atoms with Gasteiger partial charge in [0.15, 0.2) is 0 Å². The van der Waals surface area contributed by atoms with Crippen LogP contribution in [0.15, 0.2) is 18.2 Å². The summed E-state index contributed by atoms with van der Waals surface area (Å²) >= 11 is 11.8. The van der Waals surface area contributed by atoms with Crippen LogP contribution in [0.3, 0.4) is 0 Å². The molecule has 1 aromatic rings. The molecule has 1 aliphatic heterocycles. The Bertz CT molecular complexity index is 445. The number of likely N-dealkylation sites (tertiary alicyclic amines) is 1. The van der Waals surface area contributed by atoms with Crippen molar-refractivity contribution in [2.24, 2.45) is 0 Å². The van der Waals surface area contributed by atoms with Crippen LogP contribution in [-0.2, 0) is 4.79 Å². The van der Waals surface area contributed by atoms with E-state index < -0.39 is 0 Å². The molecule has 0 aliphatic carbocycles. The van der Waals surface area contributed by atoms with E-state index in [2.05, 4.69) is 10.2 Å². The lowest BCUT2D eigenvalue weighted by Gasteiger charge is -2.25. The van der Waals surface area contributed by atoms with Crippen LogP contribution in [0.2, 0.25) is 10.0 Å². The van der Waals surface area contributed by atoms with Crippen LogP contribution in [0, 0.1) is 0 Å². The van der Waals surface area contributed by atoms with E-state index in [1.165, 1.54) is 19.3 Å². The maximum Gasteiger partial charge on any atom is 0.225 e. The summed E-state index contributed by atoms with van der Waals surface area (Å²) in [5.74, 6) is -0.00482. The molecule has 19 heavy (non-hydrogen) atoms. The third-order valence-electron chi connectivity index (χ3n) is 3.31. The molecule has 0 saturated carbocycles. The smallest absolute Gasteiger partial charge is 0.225 e. The molecule has 104 valence electrons. The number of halogens is 2. The number of carbonyl (C=O) groups excluding carboxylic acids is 1. The SMILES string of the molecule is O=C(CCN1CCCCC1)Nc1ccc(Cl)cc1Cl. The quantitative estimate of drug-likeness (QED) is 0.917. The standard InChI is InChI=1S/C14H18Cl2N2O/c15-11-4-5-13(12(16)10-11)17-14(19)6-9-18-7-2-1-3-8-18/h4-5,10H,1-3,6-9H2,(H,17,19). The van der Waals surface area contributed by atoms with Crippen molar-refractivity contribution >= 4 is 34.8 Å². The number of carbonyl (C=O) groups is 1. The van der Waals surface area contributed by atoms with Crippen LogP contribution in [0.25, 0.3) is 0 Å². The van der Waals surface area contributed by atoms with Gasteiger partial charge >= 0.3 is 0 Å². The van der Waals surface area contributed by atoms with Crippen LogP contribution in [-0.4, -0.2) is 30.4 Å². The van der Waals surface area contributed by atoms with Gasteiger partial charge in [0.2, 0.25) is 5.91 Å². The average molecular weight is 301 g/mol. The van der Waals surface area contributed by atoms with Gasteiger partial charge in [-0.15, -0.1) is 0 Å². The van der Waals surface area contributed by atoms with Gasteiger partial charge in [0.1, 0.15) is 0 Å². The molecule has 0 radical (unpaired) electrons. The summed E-state index contributed by atoms with van der Waals surface area (Å²) in [7, 11) is 0. The molecule has 1 saturated heterocycles. The Balaban J connectivity index is 1.80. The summed E-state index contributed by atoms with van der Waals surface area (Å²) < 4.78 is 0. The van der Waals surface area contributed by atoms with Crippen molar-refractivity contribution in [3.8, 4) is 0 Å². The van der Waals surface area contributed by atoms with Crippen LogP contribution in [0.1, 0.15) is 25.7 Å². The van der Waals surface area contributed by atoms with E-state index in [-0.39, 0.29) is 5.91 Å². The molecule has 1 fully saturated rings. The predicted octanol–water partition coefficient (Wildman–Crippen LogP) is 3.81. The highest BCUT2D eigenvalue weighted by molar-refractivity contribution is 6.36. The van der Waals surface area contributed by atoms with Gasteiger partial charge in [-0.2, -0.15) is 0 Å². The zero-order chi connectivity index (χ0) is 13.7. The first kappa shape index (κ1) is 14.6. The van der Waals surface area contributed by atoms with Crippen molar-refractivity contribution in [3.05, 3.63) is 28.2 Å². The average Bonchev–Trinajstić information content (AvgIpc) is 2.41. The number of nitrogens with one attached hydrogen (secondary N) is 1. The number of hydrogen-bond acceptors (Lipinski definition) is 2. The number of nitrogens with zero attached hydrogens (tertiary/aromatic N) is 1. The van der Waals surface area contributed by atoms with Crippen molar-refractivity contribution in [2.45, 2.75) is 25.7 Å². The number of anilines is 1. The molecule has 0 atom stereocenters. The molecule has 1 N–H and O–H groups in total. The number of benzene rings is 1. The lowest BCUT2D eigenvalue weighted by Crippen LogP contribution is -2.32. The highest BCUT2D eigenvalue weighted by Crippen LogP contribution is 2.25. The summed E-state index contributed by atoms with van der Waals surface area (Å²) in [4.78, 5) is 14.2. The van der Waals surface area contributed by atoms with Crippen molar-refractivity contribution in [2.75, 3.05) is 25.0 Å². The normalized spacial score (nSPS) is 16.3. The first-order valence-corrected chi connectivity index (χ1v) is 7.38. The Morgan fingerprint density at radius 2 is 1.95 bits per heavy atom. The minimum absolute atomic E-state index is 0.00482. The van der Waals surface area contributed by atoms with E-state index in [0.29, 0.717) is 22.2 Å². The zero-order valence-electron chi connectivity index (χ0n) is 10.8. The van der Waals surface area contributed by atoms with E-state index in [9.17, 15) is 4.79 Å². The largest absolute Gasteiger partial charge is 0.325 e. The fourth-order valence-corrected chi connectivity index (χ4v) is 2.70. The van der Waals surface area contributed by atoms with Gasteiger partial charge in [-0.1, -0.05) is 29.6 Å². The monoisotopic (exact) mass is 300 g/mol. The topological polar surface area (TPSA) is 32.3 Å². The Hall–Kier alpha value is -0.770. The van der Waals surface area contributed by atoms with Crippen LogP contribution < -0.4 is 5.32 Å². The minimum Gasteiger partial charge on any atom is -0.325 e. The van der Waals surface area contributed by atoms with Crippen molar-refractivity contribution in [1.82, 2.24) is 4.90 Å². The molecule has 2 rings (SSSR count). The van der Waals surface area contributed by atoms with E-state index in [4.69, 9.17) is 23.2 Å². The van der Waals surface area contributed by atoms with Gasteiger partial charge < -0.3 is 10.2 Å². The van der Waals surface area contributed by atoms with Gasteiger partial charge in [-0.3, -0.25) is 4.79 Å². The summed E-state index contributed by atoms with van der Waals surface area (Å²) in [5.41, 5.74) is 0.620. The molecular weight excluding hydrogens is 283 g/mol. The maximum absolute atomic E-state index is 11.9. The van der Waals surface area contributed by atoms with Gasteiger partial charge in [-0.25, -0.2) is 0 Å². The van der Waals surface area contributed by atoms with Crippen LogP contribution >= 0.6 is 23.2 Å². The Morgan fingerprint density at radius 3 is 2.63 bits per heavy atom. The second-order valence-electron chi connectivity index (χ2n) is 4.82. The van der Waals surface area contributed by atoms with Crippen LogP contribution in [0.5, 0.6) is 0 Å². The Kier molecular flexibility index (Phi) is 5.49. The third-order valence-corrected chi connectivity index (χ3v) is 3.86. The van der Waals surface area contributed by atoms with Crippen LogP contribution in [0.4, 0.5) is 5.69 Å². The summed E-state index contributed by atoms with van der Waals surface area (Å²) in [6.07, 6.45) is 4.29. The molecule has 1 heterocycles. The lowest BCUT2D eigenvalue weighted by molar-refractivity contribution is -0.116. The molecule has 0 spiro atoms. The van der Waals surface area contributed by atoms with E-state index in [1.54, 1.807) is 18.2 Å². The highest BCUT2D eigenvalue weighted by Gasteiger charge is 2.12. The molecule has 0 unspecified atom stereocenters. The van der Waals surface area contributed by atoms with Crippen molar-refractivity contribution < 1.29 is 4.79 Å². The molecule has 5 heteroatoms. The number of amides is 1. The molecule has 1 aliphatic rings. The summed E-state index contributed by atoms with van der Waals surface area (Å²) in [6, 6.07) is 5.07. The van der Waals surface area contributed by atoms with Gasteiger partial charge in [0.25, 0.3) is 0 Å². The maximum atomic E-state index is 11.9. The molecule has 0 aromatic heterocycles. The van der Waals surface area contributed by atoms with Gasteiger partial charge in [-0.05, 0) is 44.1 Å². The Labute approximate surface area is 123 Å². The van der Waals surface area contributed by atoms with E-state index in [0.717, 1.165) is 19.6 Å². The lowest BCUT2D eigenvalue weighted by atomic mass is 10.1. The summed E-state index contributed by atoms with van der Waals surface area (Å²) in [5, 5.41) is 3.86. The molecule has 0 bridgehead atoms. The van der Waals surface area contributed by atoms with Crippen molar-refractivity contribution in [1.29, 1.82) is 0 Å². The third kappa shape index (κ3) is 4.68. The fraction of sp³-hybridized carbons (Fsp3) is 0.500. The number of rotatable bonds is 4. The zero-order valence-corrected chi connectivity index (χ0v) is 12.3. The fourth-order valence-electron chi connectivity index (χ4n) is 2.25. The second kappa shape index (κ2) is 7.13. The summed E-state index contributed by atoms with van der Waals surface area (Å²) in [6.45, 7) is 3.03. The molecule has 1 amide bonds. The first-order valence-electron chi connectivity index (χ1n) is 6.62. The van der Waals surface area contributed by atoms with E-state index >= 15 is 0 Å². The Morgan fingerprint density at radius 1 is 1.21 bits per heavy atom.